The first kappa shape index (κ1) is 18.6. The molecule has 128 valence electrons. The van der Waals surface area contributed by atoms with E-state index in [-0.39, 0.29) is 31.1 Å². The highest BCUT2D eigenvalue weighted by Crippen LogP contribution is 2.10. The molecule has 0 aliphatic rings. The number of ketones is 1. The molecular weight excluding hydrogens is 326 g/mol. The van der Waals surface area contributed by atoms with Gasteiger partial charge in [0.15, 0.2) is 5.78 Å². The highest BCUT2D eigenvalue weighted by Gasteiger charge is 2.15. The number of carbonyl (C=O) groups is 1. The maximum Gasteiger partial charge on any atom is 0.188 e. The number of carbonyl (C=O) groups excluding carboxylic acids is 1. The van der Waals surface area contributed by atoms with E-state index in [1.807, 2.05) is 37.3 Å². The summed E-state index contributed by atoms with van der Waals surface area (Å²) in [7, 11) is 0. The summed E-state index contributed by atoms with van der Waals surface area (Å²) in [6.07, 6.45) is -0.171. The molecule has 5 heteroatoms. The van der Waals surface area contributed by atoms with Gasteiger partial charge >= 0.3 is 0 Å². The van der Waals surface area contributed by atoms with Crippen molar-refractivity contribution in [2.45, 2.75) is 25.7 Å². The van der Waals surface area contributed by atoms with Crippen molar-refractivity contribution in [3.8, 4) is 0 Å². The molecule has 0 saturated heterocycles. The fourth-order valence-electron chi connectivity index (χ4n) is 2.07. The molecule has 0 saturated carbocycles. The van der Waals surface area contributed by atoms with Crippen LogP contribution >= 0.6 is 11.6 Å². The molecule has 0 radical (unpaired) electrons. The summed E-state index contributed by atoms with van der Waals surface area (Å²) in [5.74, 6) is -0.100. The molecule has 0 aromatic heterocycles. The van der Waals surface area contributed by atoms with Crippen molar-refractivity contribution >= 4 is 17.4 Å². The zero-order chi connectivity index (χ0) is 17.4. The van der Waals surface area contributed by atoms with Gasteiger partial charge in [-0.15, -0.1) is 0 Å². The number of ether oxygens (including phenoxy) is 2. The van der Waals surface area contributed by atoms with Gasteiger partial charge in [-0.3, -0.25) is 4.79 Å². The Morgan fingerprint density at radius 3 is 2.46 bits per heavy atom. The first-order valence-electron chi connectivity index (χ1n) is 7.84. The minimum atomic E-state index is -0.299. The molecule has 2 rings (SSSR count). The molecule has 2 atom stereocenters. The van der Waals surface area contributed by atoms with Crippen molar-refractivity contribution in [1.29, 1.82) is 0 Å². The topological polar surface area (TPSA) is 61.6 Å². The van der Waals surface area contributed by atoms with Gasteiger partial charge in [0.25, 0.3) is 0 Å². The number of rotatable bonds is 9. The van der Waals surface area contributed by atoms with E-state index in [0.717, 1.165) is 5.56 Å². The van der Waals surface area contributed by atoms with E-state index in [9.17, 15) is 4.79 Å². The second-order valence-electron chi connectivity index (χ2n) is 5.61. The molecule has 0 unspecified atom stereocenters. The molecule has 4 nitrogen and oxygen atoms in total. The Kier molecular flexibility index (Phi) is 7.40. The summed E-state index contributed by atoms with van der Waals surface area (Å²) >= 11 is 5.80. The Labute approximate surface area is 147 Å². The molecule has 0 fully saturated rings. The number of nitrogens with two attached hydrogens (primary N) is 1. The smallest absolute Gasteiger partial charge is 0.188 e. The molecule has 0 spiro atoms. The van der Waals surface area contributed by atoms with Gasteiger partial charge in [-0.05, 0) is 36.8 Å². The van der Waals surface area contributed by atoms with Gasteiger partial charge in [-0.2, -0.15) is 0 Å². The Morgan fingerprint density at radius 2 is 1.79 bits per heavy atom. The maximum atomic E-state index is 12.0. The van der Waals surface area contributed by atoms with Crippen LogP contribution in [-0.4, -0.2) is 31.1 Å². The predicted molar refractivity (Wildman–Crippen MR) is 95.3 cm³/mol. The third-order valence-electron chi connectivity index (χ3n) is 3.67. The third kappa shape index (κ3) is 6.06. The van der Waals surface area contributed by atoms with Gasteiger partial charge in [0.1, 0.15) is 6.61 Å². The van der Waals surface area contributed by atoms with Crippen LogP contribution in [0.4, 0.5) is 0 Å². The first-order chi connectivity index (χ1) is 11.6. The molecule has 0 aliphatic carbocycles. The van der Waals surface area contributed by atoms with E-state index in [1.165, 1.54) is 0 Å². The van der Waals surface area contributed by atoms with Crippen LogP contribution in [0.1, 0.15) is 22.8 Å². The lowest BCUT2D eigenvalue weighted by Crippen LogP contribution is -2.39. The molecule has 2 N–H and O–H groups in total. The second kappa shape index (κ2) is 9.55. The van der Waals surface area contributed by atoms with Crippen LogP contribution < -0.4 is 5.73 Å². The fraction of sp³-hybridized carbons (Fsp3) is 0.316. The molecule has 2 aromatic rings. The minimum absolute atomic E-state index is 0.0132. The van der Waals surface area contributed by atoms with Crippen LogP contribution in [0, 0.1) is 0 Å². The van der Waals surface area contributed by atoms with Crippen LogP contribution in [0.3, 0.4) is 0 Å². The number of hydrogen-bond donors (Lipinski definition) is 1. The van der Waals surface area contributed by atoms with Gasteiger partial charge in [-0.1, -0.05) is 41.9 Å². The molecular formula is C19H22ClNO3. The Morgan fingerprint density at radius 1 is 1.12 bits per heavy atom. The number of hydrogen-bond acceptors (Lipinski definition) is 4. The molecule has 0 amide bonds. The maximum absolute atomic E-state index is 12.0. The first-order valence-corrected chi connectivity index (χ1v) is 8.21. The summed E-state index contributed by atoms with van der Waals surface area (Å²) in [5, 5.41) is 0.596. The number of benzene rings is 2. The lowest BCUT2D eigenvalue weighted by atomic mass is 10.1. The average Bonchev–Trinajstić information content (AvgIpc) is 2.61. The van der Waals surface area contributed by atoms with Crippen molar-refractivity contribution in [3.63, 3.8) is 0 Å². The lowest BCUT2D eigenvalue weighted by Gasteiger charge is -2.20. The van der Waals surface area contributed by atoms with E-state index in [4.69, 9.17) is 26.8 Å². The summed E-state index contributed by atoms with van der Waals surface area (Å²) in [4.78, 5) is 12.0. The standard InChI is InChI=1S/C19H22ClNO3/c1-14(24-11-15-5-3-2-4-6-15)18(21)12-23-13-19(22)16-7-9-17(20)10-8-16/h2-10,14,18H,11-13,21H2,1H3/t14-,18-/m1/s1. The van der Waals surface area contributed by atoms with Crippen LogP contribution in [0.15, 0.2) is 54.6 Å². The minimum Gasteiger partial charge on any atom is -0.372 e. The third-order valence-corrected chi connectivity index (χ3v) is 3.92. The molecule has 0 aliphatic heterocycles. The molecule has 24 heavy (non-hydrogen) atoms. The summed E-state index contributed by atoms with van der Waals surface area (Å²) in [5.41, 5.74) is 7.71. The number of Topliss-reactive ketones (excluding diaryl/α,β-unsaturated/α-hetero) is 1. The van der Waals surface area contributed by atoms with Crippen LogP contribution in [-0.2, 0) is 16.1 Å². The summed E-state index contributed by atoms with van der Waals surface area (Å²) in [6.45, 7) is 2.65. The monoisotopic (exact) mass is 347 g/mol. The Balaban J connectivity index is 1.69. The van der Waals surface area contributed by atoms with Gasteiger partial charge in [0.05, 0.1) is 25.4 Å². The second-order valence-corrected chi connectivity index (χ2v) is 6.05. The van der Waals surface area contributed by atoms with Gasteiger partial charge in [-0.25, -0.2) is 0 Å². The molecule has 0 bridgehead atoms. The normalized spacial score (nSPS) is 13.5. The van der Waals surface area contributed by atoms with E-state index >= 15 is 0 Å². The Bertz CT molecular complexity index is 631. The van der Waals surface area contributed by atoms with Crippen molar-refractivity contribution in [2.24, 2.45) is 5.73 Å². The fourth-order valence-corrected chi connectivity index (χ4v) is 2.19. The zero-order valence-corrected chi connectivity index (χ0v) is 14.4. The summed E-state index contributed by atoms with van der Waals surface area (Å²) < 4.78 is 11.2. The van der Waals surface area contributed by atoms with Gasteiger partial charge in [0.2, 0.25) is 0 Å². The van der Waals surface area contributed by atoms with Gasteiger partial charge in [0, 0.05) is 10.6 Å². The van der Waals surface area contributed by atoms with Crippen LogP contribution in [0.25, 0.3) is 0 Å². The van der Waals surface area contributed by atoms with E-state index in [1.54, 1.807) is 24.3 Å². The zero-order valence-electron chi connectivity index (χ0n) is 13.7. The van der Waals surface area contributed by atoms with Crippen molar-refractivity contribution in [3.05, 3.63) is 70.7 Å². The van der Waals surface area contributed by atoms with Crippen molar-refractivity contribution in [1.82, 2.24) is 0 Å². The highest BCUT2D eigenvalue weighted by atomic mass is 35.5. The quantitative estimate of drug-likeness (QED) is 0.705. The summed E-state index contributed by atoms with van der Waals surface area (Å²) in [6, 6.07) is 16.3. The van der Waals surface area contributed by atoms with Crippen LogP contribution in [0.5, 0.6) is 0 Å². The largest absolute Gasteiger partial charge is 0.372 e. The molecule has 2 aromatic carbocycles. The van der Waals surface area contributed by atoms with Crippen LogP contribution in [0.2, 0.25) is 5.02 Å². The van der Waals surface area contributed by atoms with Gasteiger partial charge < -0.3 is 15.2 Å². The van der Waals surface area contributed by atoms with Crippen molar-refractivity contribution < 1.29 is 14.3 Å². The van der Waals surface area contributed by atoms with E-state index in [0.29, 0.717) is 17.2 Å². The van der Waals surface area contributed by atoms with Crippen molar-refractivity contribution in [2.75, 3.05) is 13.2 Å². The lowest BCUT2D eigenvalue weighted by molar-refractivity contribution is 0.00837. The van der Waals surface area contributed by atoms with E-state index < -0.39 is 0 Å². The molecule has 0 heterocycles. The highest BCUT2D eigenvalue weighted by molar-refractivity contribution is 6.30. The average molecular weight is 348 g/mol. The predicted octanol–water partition coefficient (Wildman–Crippen LogP) is 3.47. The Hall–Kier alpha value is -1.72. The number of halogens is 1. The SMILES string of the molecule is C[C@@H](OCc1ccccc1)[C@H](N)COCC(=O)c1ccc(Cl)cc1. The van der Waals surface area contributed by atoms with E-state index in [2.05, 4.69) is 0 Å².